The lowest BCUT2D eigenvalue weighted by Crippen LogP contribution is -2.49. The van der Waals surface area contributed by atoms with Crippen LogP contribution in [0.15, 0.2) is 6.20 Å². The Balaban J connectivity index is 1.39. The third-order valence-corrected chi connectivity index (χ3v) is 6.99. The highest BCUT2D eigenvalue weighted by molar-refractivity contribution is 5.95. The van der Waals surface area contributed by atoms with Crippen molar-refractivity contribution >= 4 is 11.8 Å². The van der Waals surface area contributed by atoms with E-state index in [0.717, 1.165) is 12.3 Å². The van der Waals surface area contributed by atoms with Crippen LogP contribution in [-0.2, 0) is 27.9 Å². The van der Waals surface area contributed by atoms with Gasteiger partial charge in [-0.1, -0.05) is 19.3 Å². The van der Waals surface area contributed by atoms with E-state index in [9.17, 15) is 9.59 Å². The summed E-state index contributed by atoms with van der Waals surface area (Å²) in [6, 6.07) is -0.228. The van der Waals surface area contributed by atoms with Crippen molar-refractivity contribution in [2.75, 3.05) is 27.3 Å². The third kappa shape index (κ3) is 3.92. The smallest absolute Gasteiger partial charge is 0.255 e. The highest BCUT2D eigenvalue weighted by Crippen LogP contribution is 2.50. The van der Waals surface area contributed by atoms with E-state index in [1.807, 2.05) is 4.90 Å². The molecular weight excluding hydrogens is 372 g/mol. The van der Waals surface area contributed by atoms with Crippen molar-refractivity contribution in [2.45, 2.75) is 50.9 Å². The summed E-state index contributed by atoms with van der Waals surface area (Å²) in [6.07, 6.45) is 7.55. The minimum atomic E-state index is -0.228. The van der Waals surface area contributed by atoms with Gasteiger partial charge in [-0.25, -0.2) is 0 Å². The number of nitrogens with one attached hydrogen (secondary N) is 1. The Bertz CT molecular complexity index is 764. The topological polar surface area (TPSA) is 85.7 Å². The first kappa shape index (κ1) is 20.3. The summed E-state index contributed by atoms with van der Waals surface area (Å²) in [5.74, 6) is 1.52. The lowest BCUT2D eigenvalue weighted by Gasteiger charge is -2.48. The predicted molar refractivity (Wildman–Crippen MR) is 106 cm³/mol. The number of hydrogen-bond donors (Lipinski definition) is 1. The summed E-state index contributed by atoms with van der Waals surface area (Å²) in [4.78, 5) is 27.9. The minimum Gasteiger partial charge on any atom is -0.378 e. The second-order valence-corrected chi connectivity index (χ2v) is 8.74. The molecule has 1 aromatic heterocycles. The number of likely N-dealkylation sites (tertiary alicyclic amines) is 1. The number of ether oxygens (including phenoxy) is 2. The second-order valence-electron chi connectivity index (χ2n) is 8.74. The molecule has 160 valence electrons. The van der Waals surface area contributed by atoms with Crippen molar-refractivity contribution < 1.29 is 19.1 Å². The zero-order valence-electron chi connectivity index (χ0n) is 17.6. The Kier molecular flexibility index (Phi) is 5.92. The lowest BCUT2D eigenvalue weighted by atomic mass is 9.58. The minimum absolute atomic E-state index is 0.166. The number of methoxy groups -OCH3 is 2. The van der Waals surface area contributed by atoms with Crippen LogP contribution >= 0.6 is 0 Å². The Morgan fingerprint density at radius 2 is 2.03 bits per heavy atom. The van der Waals surface area contributed by atoms with Crippen molar-refractivity contribution in [1.29, 1.82) is 0 Å². The monoisotopic (exact) mass is 404 g/mol. The highest BCUT2D eigenvalue weighted by atomic mass is 16.5. The van der Waals surface area contributed by atoms with Crippen LogP contribution in [0.3, 0.4) is 0 Å². The normalized spacial score (nSPS) is 31.3. The molecule has 1 saturated heterocycles. The van der Waals surface area contributed by atoms with Gasteiger partial charge in [-0.3, -0.25) is 14.3 Å². The predicted octanol–water partition coefficient (Wildman–Crippen LogP) is 1.35. The molecule has 4 rings (SSSR count). The Morgan fingerprint density at radius 1 is 1.24 bits per heavy atom. The summed E-state index contributed by atoms with van der Waals surface area (Å²) >= 11 is 0. The Hall–Kier alpha value is -1.93. The molecule has 29 heavy (non-hydrogen) atoms. The molecule has 3 fully saturated rings. The molecule has 2 amide bonds. The van der Waals surface area contributed by atoms with Gasteiger partial charge < -0.3 is 19.7 Å². The first-order valence-electron chi connectivity index (χ1n) is 10.7. The van der Waals surface area contributed by atoms with Gasteiger partial charge in [-0.15, -0.1) is 0 Å². The van der Waals surface area contributed by atoms with Crippen LogP contribution in [0.5, 0.6) is 0 Å². The maximum Gasteiger partial charge on any atom is 0.255 e. The summed E-state index contributed by atoms with van der Waals surface area (Å²) in [6.45, 7) is 1.31. The van der Waals surface area contributed by atoms with E-state index in [0.29, 0.717) is 30.3 Å². The van der Waals surface area contributed by atoms with Crippen LogP contribution in [0.25, 0.3) is 0 Å². The fraction of sp³-hybridized carbons (Fsp3) is 0.762. The average Bonchev–Trinajstić information content (AvgIpc) is 3.26. The zero-order valence-corrected chi connectivity index (χ0v) is 17.6. The van der Waals surface area contributed by atoms with E-state index in [1.54, 1.807) is 32.1 Å². The van der Waals surface area contributed by atoms with Crippen LogP contribution in [0, 0.1) is 17.8 Å². The number of carbonyl (C=O) groups excluding carboxylic acids is 2. The Labute approximate surface area is 171 Å². The van der Waals surface area contributed by atoms with Gasteiger partial charge in [-0.2, -0.15) is 5.10 Å². The quantitative estimate of drug-likeness (QED) is 0.774. The van der Waals surface area contributed by atoms with E-state index in [1.165, 1.54) is 25.7 Å². The molecule has 8 nitrogen and oxygen atoms in total. The highest BCUT2D eigenvalue weighted by Gasteiger charge is 2.49. The molecule has 1 aliphatic heterocycles. The molecule has 0 spiro atoms. The summed E-state index contributed by atoms with van der Waals surface area (Å²) in [7, 11) is 4.99. The third-order valence-electron chi connectivity index (χ3n) is 6.99. The molecule has 0 aromatic carbocycles. The molecule has 2 saturated carbocycles. The zero-order chi connectivity index (χ0) is 20.5. The summed E-state index contributed by atoms with van der Waals surface area (Å²) in [5.41, 5.74) is 1.10. The number of hydrogen-bond acceptors (Lipinski definition) is 5. The first-order valence-corrected chi connectivity index (χ1v) is 10.7. The molecule has 2 heterocycles. The number of fused-ring (bicyclic) bond motifs is 1. The van der Waals surface area contributed by atoms with Crippen molar-refractivity contribution in [3.63, 3.8) is 0 Å². The second kappa shape index (κ2) is 8.44. The van der Waals surface area contributed by atoms with E-state index < -0.39 is 0 Å². The van der Waals surface area contributed by atoms with Gasteiger partial charge in [0.15, 0.2) is 0 Å². The van der Waals surface area contributed by atoms with Crippen LogP contribution in [0.2, 0.25) is 0 Å². The molecule has 1 N–H and O–H groups in total. The van der Waals surface area contributed by atoms with Crippen LogP contribution in [-0.4, -0.2) is 65.9 Å². The number of carbonyl (C=O) groups is 2. The molecule has 3 aliphatic rings. The van der Waals surface area contributed by atoms with Gasteiger partial charge in [0.05, 0.1) is 24.3 Å². The van der Waals surface area contributed by atoms with Gasteiger partial charge in [0.1, 0.15) is 5.69 Å². The Morgan fingerprint density at radius 3 is 2.76 bits per heavy atom. The van der Waals surface area contributed by atoms with Crippen LogP contribution < -0.4 is 5.32 Å². The number of nitrogens with zero attached hydrogens (tertiary/aromatic N) is 3. The van der Waals surface area contributed by atoms with Crippen molar-refractivity contribution in [1.82, 2.24) is 20.0 Å². The molecule has 1 aromatic rings. The van der Waals surface area contributed by atoms with Crippen LogP contribution in [0.4, 0.5) is 0 Å². The standard InChI is InChI=1S/C21H32N4O4/c1-24-9-16(18(23-24)12-28-2)20(26)22-17-10-25(11-19(17)29-3)21(27)15-8-13-6-4-5-7-14(13)15/h9,13-15,17,19H,4-8,10-12H2,1-3H3,(H,22,26)/t13-,14-,15+,17+,19+/m0/s1. The molecular formula is C21H32N4O4. The SMILES string of the molecule is COCc1nn(C)cc1C(=O)N[C@@H]1CN(C(=O)[C@@H]2C[C@@H]3CCCC[C@@H]32)C[C@H]1OC. The number of aromatic nitrogens is 2. The van der Waals surface area contributed by atoms with E-state index in [-0.39, 0.29) is 36.5 Å². The summed E-state index contributed by atoms with van der Waals surface area (Å²) < 4.78 is 12.4. The first-order chi connectivity index (χ1) is 14.0. The molecule has 8 heteroatoms. The number of amides is 2. The van der Waals surface area contributed by atoms with E-state index in [2.05, 4.69) is 10.4 Å². The van der Waals surface area contributed by atoms with Crippen molar-refractivity contribution in [2.24, 2.45) is 24.8 Å². The van der Waals surface area contributed by atoms with Gasteiger partial charge in [-0.05, 0) is 24.7 Å². The lowest BCUT2D eigenvalue weighted by molar-refractivity contribution is -0.145. The fourth-order valence-electron chi connectivity index (χ4n) is 5.43. The van der Waals surface area contributed by atoms with Gasteiger partial charge >= 0.3 is 0 Å². The van der Waals surface area contributed by atoms with E-state index >= 15 is 0 Å². The number of rotatable bonds is 6. The molecule has 0 bridgehead atoms. The number of aryl methyl sites for hydroxylation is 1. The van der Waals surface area contributed by atoms with E-state index in [4.69, 9.17) is 9.47 Å². The average molecular weight is 405 g/mol. The van der Waals surface area contributed by atoms with Gasteiger partial charge in [0.25, 0.3) is 5.91 Å². The van der Waals surface area contributed by atoms with Crippen molar-refractivity contribution in [3.05, 3.63) is 17.5 Å². The maximum atomic E-state index is 13.1. The maximum absolute atomic E-state index is 13.1. The summed E-state index contributed by atoms with van der Waals surface area (Å²) in [5, 5.41) is 7.35. The van der Waals surface area contributed by atoms with Crippen molar-refractivity contribution in [3.8, 4) is 0 Å². The molecule has 2 aliphatic carbocycles. The van der Waals surface area contributed by atoms with Gasteiger partial charge in [0, 0.05) is 46.5 Å². The van der Waals surface area contributed by atoms with Gasteiger partial charge in [0.2, 0.25) is 5.91 Å². The fourth-order valence-corrected chi connectivity index (χ4v) is 5.43. The molecule has 0 unspecified atom stereocenters. The molecule has 5 atom stereocenters. The largest absolute Gasteiger partial charge is 0.378 e. The molecule has 0 radical (unpaired) electrons. The van der Waals surface area contributed by atoms with Crippen LogP contribution in [0.1, 0.15) is 48.2 Å².